The van der Waals surface area contributed by atoms with Gasteiger partial charge in [-0.15, -0.1) is 11.3 Å². The van der Waals surface area contributed by atoms with Crippen molar-refractivity contribution in [3.05, 3.63) is 44.6 Å². The Hall–Kier alpha value is -1.41. The Morgan fingerprint density at radius 1 is 1.20 bits per heavy atom. The van der Waals surface area contributed by atoms with Gasteiger partial charge in [0.15, 0.2) is 0 Å². The maximum absolute atomic E-state index is 12.8. The predicted molar refractivity (Wildman–Crippen MR) is 101 cm³/mol. The van der Waals surface area contributed by atoms with Crippen molar-refractivity contribution in [2.24, 2.45) is 0 Å². The molecule has 1 aliphatic heterocycles. The van der Waals surface area contributed by atoms with Gasteiger partial charge in [0.2, 0.25) is 10.0 Å². The minimum atomic E-state index is -3.64. The molecule has 0 saturated carbocycles. The van der Waals surface area contributed by atoms with Crippen LogP contribution in [0.15, 0.2) is 29.2 Å². The van der Waals surface area contributed by atoms with Crippen LogP contribution in [0.1, 0.15) is 33.0 Å². The van der Waals surface area contributed by atoms with Crippen molar-refractivity contribution in [1.29, 1.82) is 0 Å². The molecular weight excluding hydrogens is 380 g/mol. The summed E-state index contributed by atoms with van der Waals surface area (Å²) in [5.41, 5.74) is 1.01. The van der Waals surface area contributed by atoms with Gasteiger partial charge in [0.05, 0.1) is 10.6 Å². The number of aryl methyl sites for hydroxylation is 2. The van der Waals surface area contributed by atoms with Crippen molar-refractivity contribution in [2.45, 2.75) is 31.6 Å². The molecule has 0 bridgehead atoms. The van der Waals surface area contributed by atoms with E-state index >= 15 is 0 Å². The number of nitrogens with zero attached hydrogens (tertiary/aromatic N) is 1. The molecule has 1 fully saturated rings. The zero-order valence-corrected chi connectivity index (χ0v) is 16.4. The molecule has 25 heavy (non-hydrogen) atoms. The van der Waals surface area contributed by atoms with E-state index in [0.29, 0.717) is 24.3 Å². The van der Waals surface area contributed by atoms with Crippen molar-refractivity contribution in [2.75, 3.05) is 18.4 Å². The number of thiophene rings is 1. The summed E-state index contributed by atoms with van der Waals surface area (Å²) in [6.07, 6.45) is 1.70. The van der Waals surface area contributed by atoms with Crippen LogP contribution in [-0.4, -0.2) is 31.7 Å². The van der Waals surface area contributed by atoms with E-state index in [0.717, 1.165) is 22.6 Å². The van der Waals surface area contributed by atoms with Gasteiger partial charge >= 0.3 is 0 Å². The zero-order chi connectivity index (χ0) is 18.2. The lowest BCUT2D eigenvalue weighted by Gasteiger charge is -2.17. The largest absolute Gasteiger partial charge is 0.322 e. The Labute approximate surface area is 156 Å². The molecule has 0 spiro atoms. The topological polar surface area (TPSA) is 66.5 Å². The van der Waals surface area contributed by atoms with Gasteiger partial charge in [-0.1, -0.05) is 11.6 Å². The summed E-state index contributed by atoms with van der Waals surface area (Å²) in [6.45, 7) is 4.83. The smallest absolute Gasteiger partial charge is 0.256 e. The third kappa shape index (κ3) is 3.74. The van der Waals surface area contributed by atoms with Gasteiger partial charge in [0.1, 0.15) is 4.90 Å². The first kappa shape index (κ1) is 18.4. The predicted octanol–water partition coefficient (Wildman–Crippen LogP) is 4.06. The summed E-state index contributed by atoms with van der Waals surface area (Å²) in [4.78, 5) is 14.5. The lowest BCUT2D eigenvalue weighted by molar-refractivity contribution is 0.102. The SMILES string of the molecule is Cc1cc(C(=O)Nc2ccc(Cl)c(S(=O)(=O)N3CCCC3)c2)c(C)s1. The highest BCUT2D eigenvalue weighted by Crippen LogP contribution is 2.30. The van der Waals surface area contributed by atoms with E-state index in [1.54, 1.807) is 17.4 Å². The summed E-state index contributed by atoms with van der Waals surface area (Å²) in [5.74, 6) is -0.256. The molecule has 1 aromatic heterocycles. The third-order valence-electron chi connectivity index (χ3n) is 4.16. The zero-order valence-electron chi connectivity index (χ0n) is 14.0. The fourth-order valence-corrected chi connectivity index (χ4v) is 5.84. The average molecular weight is 399 g/mol. The number of amides is 1. The lowest BCUT2D eigenvalue weighted by Crippen LogP contribution is -2.28. The van der Waals surface area contributed by atoms with Gasteiger partial charge in [-0.2, -0.15) is 4.31 Å². The second-order valence-corrected chi connectivity index (χ2v) is 9.81. The Balaban J connectivity index is 1.89. The Kier molecular flexibility index (Phi) is 5.20. The molecule has 0 unspecified atom stereocenters. The summed E-state index contributed by atoms with van der Waals surface area (Å²) < 4.78 is 26.9. The van der Waals surface area contributed by atoms with Crippen molar-refractivity contribution < 1.29 is 13.2 Å². The molecule has 1 aliphatic rings. The fourth-order valence-electron chi connectivity index (χ4n) is 2.90. The van der Waals surface area contributed by atoms with Crippen LogP contribution in [0.25, 0.3) is 0 Å². The van der Waals surface area contributed by atoms with Crippen LogP contribution in [0.5, 0.6) is 0 Å². The van der Waals surface area contributed by atoms with E-state index < -0.39 is 10.0 Å². The van der Waals surface area contributed by atoms with Gasteiger partial charge in [0, 0.05) is 28.5 Å². The summed E-state index contributed by atoms with van der Waals surface area (Å²) in [6, 6.07) is 6.37. The van der Waals surface area contributed by atoms with E-state index in [9.17, 15) is 13.2 Å². The van der Waals surface area contributed by atoms with Crippen LogP contribution < -0.4 is 5.32 Å². The second-order valence-electron chi connectivity index (χ2n) is 6.04. The lowest BCUT2D eigenvalue weighted by atomic mass is 10.2. The first-order valence-corrected chi connectivity index (χ1v) is 10.6. The number of nitrogens with one attached hydrogen (secondary N) is 1. The average Bonchev–Trinajstić information content (AvgIpc) is 3.19. The molecule has 1 amide bonds. The van der Waals surface area contributed by atoms with Crippen LogP contribution in [0.4, 0.5) is 5.69 Å². The molecule has 5 nitrogen and oxygen atoms in total. The normalized spacial score (nSPS) is 15.5. The van der Waals surface area contributed by atoms with Crippen molar-refractivity contribution >= 4 is 44.6 Å². The summed E-state index contributed by atoms with van der Waals surface area (Å²) >= 11 is 7.67. The Morgan fingerprint density at radius 3 is 2.48 bits per heavy atom. The minimum Gasteiger partial charge on any atom is -0.322 e. The van der Waals surface area contributed by atoms with E-state index in [-0.39, 0.29) is 15.8 Å². The van der Waals surface area contributed by atoms with Gasteiger partial charge in [-0.3, -0.25) is 4.79 Å². The highest BCUT2D eigenvalue weighted by molar-refractivity contribution is 7.89. The summed E-state index contributed by atoms with van der Waals surface area (Å²) in [7, 11) is -3.64. The van der Waals surface area contributed by atoms with Crippen LogP contribution in [0.2, 0.25) is 5.02 Å². The van der Waals surface area contributed by atoms with Crippen molar-refractivity contribution in [3.63, 3.8) is 0 Å². The van der Waals surface area contributed by atoms with Crippen molar-refractivity contribution in [3.8, 4) is 0 Å². The number of anilines is 1. The van der Waals surface area contributed by atoms with Crippen LogP contribution in [0, 0.1) is 13.8 Å². The number of rotatable bonds is 4. The molecule has 0 radical (unpaired) electrons. The molecule has 1 saturated heterocycles. The van der Waals surface area contributed by atoms with Gasteiger partial charge in [-0.25, -0.2) is 8.42 Å². The number of benzene rings is 1. The fraction of sp³-hybridized carbons (Fsp3) is 0.353. The second kappa shape index (κ2) is 7.07. The van der Waals surface area contributed by atoms with E-state index in [4.69, 9.17) is 11.6 Å². The Bertz CT molecular complexity index is 916. The molecule has 134 valence electrons. The summed E-state index contributed by atoms with van der Waals surface area (Å²) in [5, 5.41) is 2.93. The molecule has 0 atom stereocenters. The van der Waals surface area contributed by atoms with Crippen LogP contribution in [0.3, 0.4) is 0 Å². The molecule has 1 aromatic carbocycles. The molecule has 1 N–H and O–H groups in total. The van der Waals surface area contributed by atoms with Gasteiger partial charge in [-0.05, 0) is 51.0 Å². The number of carbonyl (C=O) groups is 1. The molecule has 0 aliphatic carbocycles. The van der Waals surface area contributed by atoms with Gasteiger partial charge < -0.3 is 5.32 Å². The molecule has 3 rings (SSSR count). The number of sulfonamides is 1. The first-order chi connectivity index (χ1) is 11.8. The number of hydrogen-bond donors (Lipinski definition) is 1. The van der Waals surface area contributed by atoms with E-state index in [1.807, 2.05) is 19.9 Å². The molecule has 2 aromatic rings. The van der Waals surface area contributed by atoms with Crippen LogP contribution >= 0.6 is 22.9 Å². The number of hydrogen-bond acceptors (Lipinski definition) is 4. The van der Waals surface area contributed by atoms with E-state index in [2.05, 4.69) is 5.32 Å². The quantitative estimate of drug-likeness (QED) is 0.844. The number of halogens is 1. The molecule has 2 heterocycles. The maximum Gasteiger partial charge on any atom is 0.256 e. The number of carbonyl (C=O) groups excluding carboxylic acids is 1. The first-order valence-electron chi connectivity index (χ1n) is 7.97. The monoisotopic (exact) mass is 398 g/mol. The van der Waals surface area contributed by atoms with E-state index in [1.165, 1.54) is 16.4 Å². The third-order valence-corrected chi connectivity index (χ3v) is 7.50. The highest BCUT2D eigenvalue weighted by Gasteiger charge is 2.29. The standard InChI is InChI=1S/C17H19ClN2O3S2/c1-11-9-14(12(2)24-11)17(21)19-13-5-6-15(18)16(10-13)25(22,23)20-7-3-4-8-20/h5-6,9-10H,3-4,7-8H2,1-2H3,(H,19,21). The van der Waals surface area contributed by atoms with Crippen LogP contribution in [-0.2, 0) is 10.0 Å². The van der Waals surface area contributed by atoms with Crippen molar-refractivity contribution in [1.82, 2.24) is 4.31 Å². The highest BCUT2D eigenvalue weighted by atomic mass is 35.5. The maximum atomic E-state index is 12.8. The molecule has 8 heteroatoms. The molecular formula is C17H19ClN2O3S2. The van der Waals surface area contributed by atoms with Gasteiger partial charge in [0.25, 0.3) is 5.91 Å². The minimum absolute atomic E-state index is 0.0343. The Morgan fingerprint density at radius 2 is 1.88 bits per heavy atom.